The number of piperidine rings is 1. The van der Waals surface area contributed by atoms with Crippen molar-refractivity contribution < 1.29 is 8.42 Å². The van der Waals surface area contributed by atoms with Gasteiger partial charge in [-0.1, -0.05) is 36.3 Å². The van der Waals surface area contributed by atoms with Crippen LogP contribution in [-0.4, -0.2) is 44.0 Å². The standard InChI is InChI=1S/C12H20ClN3O2S2/c1-2-3-6-16-7-4-10(5-8-16)15-20(17,18)11-9-14-12(13)19-11/h9-10,15H,2-8H2,1H3. The summed E-state index contributed by atoms with van der Waals surface area (Å²) in [4.78, 5) is 6.18. The molecule has 0 bridgehead atoms. The van der Waals surface area contributed by atoms with Crippen LogP contribution in [0.5, 0.6) is 0 Å². The van der Waals surface area contributed by atoms with Gasteiger partial charge in [-0.2, -0.15) is 0 Å². The number of rotatable bonds is 6. The van der Waals surface area contributed by atoms with Crippen molar-refractivity contribution in [1.29, 1.82) is 0 Å². The highest BCUT2D eigenvalue weighted by atomic mass is 35.5. The lowest BCUT2D eigenvalue weighted by Crippen LogP contribution is -2.44. The SMILES string of the molecule is CCCCN1CCC(NS(=O)(=O)c2cnc(Cl)s2)CC1. The number of hydrogen-bond acceptors (Lipinski definition) is 5. The van der Waals surface area contributed by atoms with Crippen LogP contribution in [0.3, 0.4) is 0 Å². The summed E-state index contributed by atoms with van der Waals surface area (Å²) in [6.45, 7) is 5.20. The molecule has 0 spiro atoms. The lowest BCUT2D eigenvalue weighted by Gasteiger charge is -2.31. The Labute approximate surface area is 129 Å². The maximum Gasteiger partial charge on any atom is 0.251 e. The highest BCUT2D eigenvalue weighted by Gasteiger charge is 2.25. The van der Waals surface area contributed by atoms with Gasteiger partial charge in [0.15, 0.2) is 8.68 Å². The van der Waals surface area contributed by atoms with Crippen molar-refractivity contribution in [3.05, 3.63) is 10.7 Å². The van der Waals surface area contributed by atoms with E-state index in [1.54, 1.807) is 0 Å². The molecule has 1 aromatic heterocycles. The number of halogens is 1. The van der Waals surface area contributed by atoms with Gasteiger partial charge < -0.3 is 4.90 Å². The summed E-state index contributed by atoms with van der Waals surface area (Å²) in [5.41, 5.74) is 0. The van der Waals surface area contributed by atoms with Gasteiger partial charge in [0, 0.05) is 6.04 Å². The van der Waals surface area contributed by atoms with E-state index in [4.69, 9.17) is 11.6 Å². The zero-order valence-corrected chi connectivity index (χ0v) is 13.9. The summed E-state index contributed by atoms with van der Waals surface area (Å²) < 4.78 is 27.5. The van der Waals surface area contributed by atoms with Crippen molar-refractivity contribution in [3.8, 4) is 0 Å². The second kappa shape index (κ2) is 7.17. The van der Waals surface area contributed by atoms with E-state index in [0.29, 0.717) is 0 Å². The van der Waals surface area contributed by atoms with E-state index in [0.717, 1.165) is 43.8 Å². The van der Waals surface area contributed by atoms with Gasteiger partial charge in [-0.05, 0) is 38.9 Å². The Hall–Kier alpha value is -0.210. The van der Waals surface area contributed by atoms with E-state index >= 15 is 0 Å². The van der Waals surface area contributed by atoms with Gasteiger partial charge in [-0.3, -0.25) is 0 Å². The third kappa shape index (κ3) is 4.39. The number of sulfonamides is 1. The van der Waals surface area contributed by atoms with Gasteiger partial charge in [0.05, 0.1) is 6.20 Å². The smallest absolute Gasteiger partial charge is 0.251 e. The molecular weight excluding hydrogens is 318 g/mol. The van der Waals surface area contributed by atoms with Gasteiger partial charge in [0.2, 0.25) is 0 Å². The minimum atomic E-state index is -3.47. The van der Waals surface area contributed by atoms with Gasteiger partial charge in [0.1, 0.15) is 0 Å². The quantitative estimate of drug-likeness (QED) is 0.865. The number of unbranched alkanes of at least 4 members (excludes halogenated alkanes) is 1. The van der Waals surface area contributed by atoms with Gasteiger partial charge in [0.25, 0.3) is 10.0 Å². The van der Waals surface area contributed by atoms with E-state index in [-0.39, 0.29) is 14.7 Å². The number of thiazole rings is 1. The number of hydrogen-bond donors (Lipinski definition) is 1. The summed E-state index contributed by atoms with van der Waals surface area (Å²) in [6, 6.07) is 0.0127. The molecule has 0 saturated carbocycles. The molecule has 1 aromatic rings. The Kier molecular flexibility index (Phi) is 5.80. The maximum atomic E-state index is 12.2. The summed E-state index contributed by atoms with van der Waals surface area (Å²) in [6.07, 6.45) is 5.42. The molecule has 1 saturated heterocycles. The number of nitrogens with one attached hydrogen (secondary N) is 1. The molecule has 1 aliphatic rings. The third-order valence-electron chi connectivity index (χ3n) is 3.46. The molecular formula is C12H20ClN3O2S2. The molecule has 1 N–H and O–H groups in total. The first-order valence-corrected chi connectivity index (χ1v) is 9.55. The van der Waals surface area contributed by atoms with Crippen LogP contribution in [0, 0.1) is 0 Å². The molecule has 1 fully saturated rings. The maximum absolute atomic E-state index is 12.2. The largest absolute Gasteiger partial charge is 0.303 e. The van der Waals surface area contributed by atoms with Crippen molar-refractivity contribution in [2.75, 3.05) is 19.6 Å². The van der Waals surface area contributed by atoms with E-state index < -0.39 is 10.0 Å². The number of nitrogens with zero attached hydrogens (tertiary/aromatic N) is 2. The van der Waals surface area contributed by atoms with Crippen molar-refractivity contribution in [2.45, 2.75) is 42.9 Å². The first-order chi connectivity index (χ1) is 9.51. The topological polar surface area (TPSA) is 62.3 Å². The van der Waals surface area contributed by atoms with Gasteiger partial charge >= 0.3 is 0 Å². The molecule has 0 unspecified atom stereocenters. The molecule has 0 aliphatic carbocycles. The van der Waals surface area contributed by atoms with Crippen molar-refractivity contribution in [2.24, 2.45) is 0 Å². The van der Waals surface area contributed by atoms with Crippen molar-refractivity contribution >= 4 is 33.0 Å². The number of aromatic nitrogens is 1. The molecule has 0 radical (unpaired) electrons. The average molecular weight is 338 g/mol. The molecule has 0 aromatic carbocycles. The van der Waals surface area contributed by atoms with Crippen LogP contribution in [0.2, 0.25) is 4.47 Å². The van der Waals surface area contributed by atoms with Crippen LogP contribution >= 0.6 is 22.9 Å². The lowest BCUT2D eigenvalue weighted by atomic mass is 10.1. The second-order valence-electron chi connectivity index (χ2n) is 5.02. The lowest BCUT2D eigenvalue weighted by molar-refractivity contribution is 0.205. The van der Waals surface area contributed by atoms with Crippen LogP contribution in [0.15, 0.2) is 10.4 Å². The Bertz CT molecular complexity index is 525. The first-order valence-electron chi connectivity index (χ1n) is 6.87. The Morgan fingerprint density at radius 3 is 2.75 bits per heavy atom. The Morgan fingerprint density at radius 1 is 1.50 bits per heavy atom. The zero-order valence-electron chi connectivity index (χ0n) is 11.5. The molecule has 0 amide bonds. The molecule has 5 nitrogen and oxygen atoms in total. The minimum absolute atomic E-state index is 0.0127. The van der Waals surface area contributed by atoms with E-state index in [9.17, 15) is 8.42 Å². The fourth-order valence-corrected chi connectivity index (χ4v) is 4.91. The average Bonchev–Trinajstić information content (AvgIpc) is 2.85. The van der Waals surface area contributed by atoms with Crippen LogP contribution in [-0.2, 0) is 10.0 Å². The monoisotopic (exact) mass is 337 g/mol. The van der Waals surface area contributed by atoms with Gasteiger partial charge in [-0.25, -0.2) is 18.1 Å². The molecule has 0 atom stereocenters. The highest BCUT2D eigenvalue weighted by molar-refractivity contribution is 7.91. The van der Waals surface area contributed by atoms with Gasteiger partial charge in [-0.15, -0.1) is 0 Å². The molecule has 2 heterocycles. The highest BCUT2D eigenvalue weighted by Crippen LogP contribution is 2.23. The predicted octanol–water partition coefficient (Wildman–Crippen LogP) is 2.34. The van der Waals surface area contributed by atoms with Crippen LogP contribution in [0.1, 0.15) is 32.6 Å². The Balaban J connectivity index is 1.86. The number of likely N-dealkylation sites (tertiary alicyclic amines) is 1. The fraction of sp³-hybridized carbons (Fsp3) is 0.750. The second-order valence-corrected chi connectivity index (χ2v) is 8.58. The van der Waals surface area contributed by atoms with Crippen molar-refractivity contribution in [3.63, 3.8) is 0 Å². The summed E-state index contributed by atoms with van der Waals surface area (Å²) in [5, 5.41) is 0. The molecule has 8 heteroatoms. The molecule has 1 aliphatic heterocycles. The van der Waals surface area contributed by atoms with Crippen LogP contribution in [0.25, 0.3) is 0 Å². The summed E-state index contributed by atoms with van der Waals surface area (Å²) in [5.74, 6) is 0. The Morgan fingerprint density at radius 2 is 2.20 bits per heavy atom. The summed E-state index contributed by atoms with van der Waals surface area (Å²) >= 11 is 6.67. The molecule has 114 valence electrons. The van der Waals surface area contributed by atoms with E-state index in [1.807, 2.05) is 0 Å². The van der Waals surface area contributed by atoms with Crippen molar-refractivity contribution in [1.82, 2.24) is 14.6 Å². The molecule has 2 rings (SSSR count). The predicted molar refractivity (Wildman–Crippen MR) is 81.8 cm³/mol. The van der Waals surface area contributed by atoms with Crippen LogP contribution < -0.4 is 4.72 Å². The van der Waals surface area contributed by atoms with E-state index in [1.165, 1.54) is 19.0 Å². The van der Waals surface area contributed by atoms with Crippen LogP contribution in [0.4, 0.5) is 0 Å². The summed E-state index contributed by atoms with van der Waals surface area (Å²) in [7, 11) is -3.47. The fourth-order valence-electron chi connectivity index (χ4n) is 2.30. The first kappa shape index (κ1) is 16.2. The molecule has 20 heavy (non-hydrogen) atoms. The van der Waals surface area contributed by atoms with E-state index in [2.05, 4.69) is 21.5 Å². The normalized spacial score (nSPS) is 18.5. The third-order valence-corrected chi connectivity index (χ3v) is 6.55. The zero-order chi connectivity index (χ0) is 14.6. The minimum Gasteiger partial charge on any atom is -0.303 e.